The number of oxazole rings is 1. The lowest BCUT2D eigenvalue weighted by molar-refractivity contribution is 0.454. The second-order valence-electron chi connectivity index (χ2n) is 4.80. The van der Waals surface area contributed by atoms with Gasteiger partial charge in [0.2, 0.25) is 5.89 Å². The van der Waals surface area contributed by atoms with E-state index in [2.05, 4.69) is 31.3 Å². The first-order valence-corrected chi connectivity index (χ1v) is 7.41. The number of nitrogens with one attached hydrogen (secondary N) is 1. The van der Waals surface area contributed by atoms with Crippen LogP contribution in [0.25, 0.3) is 5.69 Å². The van der Waals surface area contributed by atoms with Gasteiger partial charge in [-0.2, -0.15) is 5.10 Å². The minimum Gasteiger partial charge on any atom is -0.444 e. The van der Waals surface area contributed by atoms with Crippen molar-refractivity contribution in [1.29, 1.82) is 0 Å². The largest absolute Gasteiger partial charge is 0.444 e. The molecule has 0 amide bonds. The van der Waals surface area contributed by atoms with Crippen LogP contribution in [-0.4, -0.2) is 14.8 Å². The van der Waals surface area contributed by atoms with E-state index < -0.39 is 0 Å². The van der Waals surface area contributed by atoms with Crippen LogP contribution in [0.5, 0.6) is 0 Å². The summed E-state index contributed by atoms with van der Waals surface area (Å²) >= 11 is 3.53. The highest BCUT2D eigenvalue weighted by Crippen LogP contribution is 2.23. The maximum atomic E-state index is 5.52. The summed E-state index contributed by atoms with van der Waals surface area (Å²) in [6, 6.07) is 7.93. The summed E-state index contributed by atoms with van der Waals surface area (Å²) in [6.07, 6.45) is 5.44. The van der Waals surface area contributed by atoms with Crippen LogP contribution < -0.4 is 5.32 Å². The van der Waals surface area contributed by atoms with E-state index in [1.54, 1.807) is 12.4 Å². The average molecular weight is 347 g/mol. The van der Waals surface area contributed by atoms with E-state index in [1.165, 1.54) is 0 Å². The van der Waals surface area contributed by atoms with Crippen LogP contribution in [0.3, 0.4) is 0 Å². The van der Waals surface area contributed by atoms with Crippen molar-refractivity contribution in [3.63, 3.8) is 0 Å². The molecule has 0 unspecified atom stereocenters. The van der Waals surface area contributed by atoms with Crippen LogP contribution in [0, 0.1) is 6.92 Å². The number of rotatable bonds is 4. The fourth-order valence-corrected chi connectivity index (χ4v) is 2.52. The van der Waals surface area contributed by atoms with E-state index >= 15 is 0 Å². The molecule has 1 N–H and O–H groups in total. The van der Waals surface area contributed by atoms with Crippen molar-refractivity contribution in [2.24, 2.45) is 0 Å². The molecule has 3 aromatic rings. The fourth-order valence-electron chi connectivity index (χ4n) is 2.05. The van der Waals surface area contributed by atoms with Crippen molar-refractivity contribution in [1.82, 2.24) is 14.8 Å². The summed E-state index contributed by atoms with van der Waals surface area (Å²) in [5, 5.41) is 7.70. The molecule has 3 rings (SSSR count). The summed E-state index contributed by atoms with van der Waals surface area (Å²) in [4.78, 5) is 4.23. The predicted octanol–water partition coefficient (Wildman–Crippen LogP) is 4.10. The van der Waals surface area contributed by atoms with Crippen LogP contribution in [0.1, 0.15) is 24.6 Å². The Kier molecular flexibility index (Phi) is 3.79. The first kappa shape index (κ1) is 13.9. The maximum absolute atomic E-state index is 5.52. The number of aromatic nitrogens is 3. The monoisotopic (exact) mass is 346 g/mol. The second kappa shape index (κ2) is 5.73. The standard InChI is InChI=1S/C15H15BrN4O/c1-10-7-17-15(21-10)11(2)19-12-8-18-20(9-12)14-6-4-3-5-13(14)16/h3-9,11,19H,1-2H3/t11-/m1/s1. The van der Waals surface area contributed by atoms with Gasteiger partial charge in [-0.3, -0.25) is 0 Å². The molecule has 0 spiro atoms. The van der Waals surface area contributed by atoms with Crippen LogP contribution >= 0.6 is 15.9 Å². The van der Waals surface area contributed by atoms with E-state index in [0.29, 0.717) is 5.89 Å². The van der Waals surface area contributed by atoms with Gasteiger partial charge in [0.15, 0.2) is 0 Å². The molecular formula is C15H15BrN4O. The molecule has 0 aliphatic heterocycles. The maximum Gasteiger partial charge on any atom is 0.216 e. The highest BCUT2D eigenvalue weighted by atomic mass is 79.9. The summed E-state index contributed by atoms with van der Waals surface area (Å²) in [5.74, 6) is 1.48. The van der Waals surface area contributed by atoms with Crippen molar-refractivity contribution < 1.29 is 4.42 Å². The minimum absolute atomic E-state index is 0.0180. The zero-order chi connectivity index (χ0) is 14.8. The highest BCUT2D eigenvalue weighted by molar-refractivity contribution is 9.10. The topological polar surface area (TPSA) is 55.9 Å². The quantitative estimate of drug-likeness (QED) is 0.772. The third-order valence-corrected chi connectivity index (χ3v) is 3.75. The van der Waals surface area contributed by atoms with Gasteiger partial charge in [-0.1, -0.05) is 12.1 Å². The lowest BCUT2D eigenvalue weighted by atomic mass is 10.3. The molecule has 6 heteroatoms. The molecule has 0 saturated carbocycles. The van der Waals surface area contributed by atoms with Gasteiger partial charge in [0.05, 0.1) is 30.0 Å². The van der Waals surface area contributed by atoms with Gasteiger partial charge in [-0.05, 0) is 41.9 Å². The number of hydrogen-bond donors (Lipinski definition) is 1. The molecule has 1 aromatic carbocycles. The first-order chi connectivity index (χ1) is 10.1. The van der Waals surface area contributed by atoms with Crippen molar-refractivity contribution >= 4 is 21.6 Å². The van der Waals surface area contributed by atoms with Gasteiger partial charge in [0, 0.05) is 4.47 Å². The summed E-state index contributed by atoms with van der Waals surface area (Å²) in [5.41, 5.74) is 1.90. The number of aryl methyl sites for hydroxylation is 1. The minimum atomic E-state index is -0.0180. The van der Waals surface area contributed by atoms with Gasteiger partial charge in [0.1, 0.15) is 11.8 Å². The number of halogens is 1. The van der Waals surface area contributed by atoms with Gasteiger partial charge in [0.25, 0.3) is 0 Å². The molecular weight excluding hydrogens is 332 g/mol. The van der Waals surface area contributed by atoms with Crippen molar-refractivity contribution in [2.75, 3.05) is 5.32 Å². The van der Waals surface area contributed by atoms with E-state index in [-0.39, 0.29) is 6.04 Å². The number of hydrogen-bond acceptors (Lipinski definition) is 4. The number of benzene rings is 1. The van der Waals surface area contributed by atoms with Crippen molar-refractivity contribution in [3.05, 3.63) is 59.0 Å². The number of para-hydroxylation sites is 1. The van der Waals surface area contributed by atoms with Gasteiger partial charge in [-0.15, -0.1) is 0 Å². The zero-order valence-electron chi connectivity index (χ0n) is 11.7. The lowest BCUT2D eigenvalue weighted by Gasteiger charge is -2.09. The fraction of sp³-hybridized carbons (Fsp3) is 0.200. The van der Waals surface area contributed by atoms with Gasteiger partial charge < -0.3 is 9.73 Å². The molecule has 0 aliphatic carbocycles. The normalized spacial score (nSPS) is 12.3. The average Bonchev–Trinajstić information content (AvgIpc) is 3.08. The molecule has 2 heterocycles. The third kappa shape index (κ3) is 3.00. The Morgan fingerprint density at radius 3 is 2.81 bits per heavy atom. The highest BCUT2D eigenvalue weighted by Gasteiger charge is 2.12. The Labute approximate surface area is 131 Å². The molecule has 1 atom stereocenters. The molecule has 21 heavy (non-hydrogen) atoms. The van der Waals surface area contributed by atoms with Gasteiger partial charge in [-0.25, -0.2) is 9.67 Å². The number of anilines is 1. The Morgan fingerprint density at radius 2 is 2.10 bits per heavy atom. The molecule has 0 saturated heterocycles. The zero-order valence-corrected chi connectivity index (χ0v) is 13.3. The molecule has 108 valence electrons. The first-order valence-electron chi connectivity index (χ1n) is 6.62. The summed E-state index contributed by atoms with van der Waals surface area (Å²) in [7, 11) is 0. The predicted molar refractivity (Wildman–Crippen MR) is 84.5 cm³/mol. The van der Waals surface area contributed by atoms with Gasteiger partial charge >= 0.3 is 0 Å². The summed E-state index contributed by atoms with van der Waals surface area (Å²) in [6.45, 7) is 3.88. The summed E-state index contributed by atoms with van der Waals surface area (Å²) < 4.78 is 8.34. The third-order valence-electron chi connectivity index (χ3n) is 3.07. The van der Waals surface area contributed by atoms with Crippen molar-refractivity contribution in [3.8, 4) is 5.69 Å². The van der Waals surface area contributed by atoms with E-state index in [1.807, 2.05) is 49.0 Å². The van der Waals surface area contributed by atoms with Crippen molar-refractivity contribution in [2.45, 2.75) is 19.9 Å². The van der Waals surface area contributed by atoms with Crippen LogP contribution in [0.15, 0.2) is 51.7 Å². The molecule has 5 nitrogen and oxygen atoms in total. The molecule has 0 fully saturated rings. The molecule has 0 aliphatic rings. The SMILES string of the molecule is Cc1cnc([C@@H](C)Nc2cnn(-c3ccccc3Br)c2)o1. The lowest BCUT2D eigenvalue weighted by Crippen LogP contribution is -2.06. The van der Waals surface area contributed by atoms with Crippen LogP contribution in [0.2, 0.25) is 0 Å². The second-order valence-corrected chi connectivity index (χ2v) is 5.65. The number of nitrogens with zero attached hydrogens (tertiary/aromatic N) is 3. The molecule has 0 bridgehead atoms. The van der Waals surface area contributed by atoms with Crippen LogP contribution in [0.4, 0.5) is 5.69 Å². The van der Waals surface area contributed by atoms with E-state index in [4.69, 9.17) is 4.42 Å². The molecule has 2 aromatic heterocycles. The van der Waals surface area contributed by atoms with E-state index in [9.17, 15) is 0 Å². The smallest absolute Gasteiger partial charge is 0.216 e. The molecule has 0 radical (unpaired) electrons. The van der Waals surface area contributed by atoms with Crippen LogP contribution in [-0.2, 0) is 0 Å². The Bertz CT molecular complexity index is 749. The van der Waals surface area contributed by atoms with E-state index in [0.717, 1.165) is 21.6 Å². The Hall–Kier alpha value is -2.08. The Morgan fingerprint density at radius 1 is 1.29 bits per heavy atom. The Balaban J connectivity index is 1.78.